The molecule has 2 aromatic heterocycles. The SMILES string of the molecule is Cn1ccnc(NCc2ccno2)c1=O. The number of nitrogens with one attached hydrogen (secondary N) is 1. The van der Waals surface area contributed by atoms with Gasteiger partial charge in [0.15, 0.2) is 11.6 Å². The number of hydrogen-bond donors (Lipinski definition) is 1. The van der Waals surface area contributed by atoms with Crippen molar-refractivity contribution in [3.05, 3.63) is 40.8 Å². The molecule has 15 heavy (non-hydrogen) atoms. The van der Waals surface area contributed by atoms with Crippen LogP contribution in [0.2, 0.25) is 0 Å². The molecule has 2 aromatic rings. The van der Waals surface area contributed by atoms with Crippen LogP contribution in [0.4, 0.5) is 5.82 Å². The summed E-state index contributed by atoms with van der Waals surface area (Å²) in [5, 5.41) is 6.43. The van der Waals surface area contributed by atoms with Gasteiger partial charge in [-0.05, 0) is 0 Å². The summed E-state index contributed by atoms with van der Waals surface area (Å²) in [7, 11) is 1.67. The highest BCUT2D eigenvalue weighted by Crippen LogP contribution is 1.99. The average Bonchev–Trinajstić information content (AvgIpc) is 2.73. The van der Waals surface area contributed by atoms with Crippen molar-refractivity contribution >= 4 is 5.82 Å². The van der Waals surface area contributed by atoms with Crippen LogP contribution >= 0.6 is 0 Å². The molecule has 0 saturated heterocycles. The normalized spacial score (nSPS) is 10.2. The third-order valence-corrected chi connectivity index (χ3v) is 1.94. The van der Waals surface area contributed by atoms with Crippen LogP contribution in [0.25, 0.3) is 0 Å². The lowest BCUT2D eigenvalue weighted by molar-refractivity contribution is 0.388. The molecule has 0 aliphatic carbocycles. The van der Waals surface area contributed by atoms with Crippen molar-refractivity contribution in [2.45, 2.75) is 6.54 Å². The smallest absolute Gasteiger partial charge is 0.293 e. The van der Waals surface area contributed by atoms with E-state index in [2.05, 4.69) is 15.5 Å². The molecule has 1 N–H and O–H groups in total. The van der Waals surface area contributed by atoms with E-state index in [0.717, 1.165) is 0 Å². The number of aryl methyl sites for hydroxylation is 1. The highest BCUT2D eigenvalue weighted by atomic mass is 16.5. The Kier molecular flexibility index (Phi) is 2.49. The van der Waals surface area contributed by atoms with Crippen molar-refractivity contribution in [2.75, 3.05) is 5.32 Å². The fourth-order valence-corrected chi connectivity index (χ4v) is 1.12. The third-order valence-electron chi connectivity index (χ3n) is 1.94. The van der Waals surface area contributed by atoms with E-state index >= 15 is 0 Å². The Morgan fingerprint density at radius 1 is 1.53 bits per heavy atom. The minimum absolute atomic E-state index is 0.169. The van der Waals surface area contributed by atoms with Crippen molar-refractivity contribution in [1.82, 2.24) is 14.7 Å². The van der Waals surface area contributed by atoms with E-state index in [4.69, 9.17) is 4.52 Å². The maximum Gasteiger partial charge on any atom is 0.293 e. The van der Waals surface area contributed by atoms with Crippen molar-refractivity contribution in [1.29, 1.82) is 0 Å². The molecule has 0 aromatic carbocycles. The predicted octanol–water partition coefficient (Wildman–Crippen LogP) is 0.380. The second kappa shape index (κ2) is 3.95. The molecule has 6 nitrogen and oxygen atoms in total. The van der Waals surface area contributed by atoms with Gasteiger partial charge >= 0.3 is 0 Å². The summed E-state index contributed by atoms with van der Waals surface area (Å²) in [5.74, 6) is 0.958. The maximum atomic E-state index is 11.5. The van der Waals surface area contributed by atoms with Crippen LogP contribution < -0.4 is 10.9 Å². The van der Waals surface area contributed by atoms with Crippen molar-refractivity contribution in [3.63, 3.8) is 0 Å². The van der Waals surface area contributed by atoms with Gasteiger partial charge < -0.3 is 14.4 Å². The first-order valence-corrected chi connectivity index (χ1v) is 4.42. The van der Waals surface area contributed by atoms with Gasteiger partial charge in [0.2, 0.25) is 0 Å². The van der Waals surface area contributed by atoms with Crippen LogP contribution in [0.3, 0.4) is 0 Å². The van der Waals surface area contributed by atoms with Crippen LogP contribution in [0, 0.1) is 0 Å². The van der Waals surface area contributed by atoms with Crippen molar-refractivity contribution in [3.8, 4) is 0 Å². The van der Waals surface area contributed by atoms with Crippen molar-refractivity contribution in [2.24, 2.45) is 7.05 Å². The Labute approximate surface area is 85.5 Å². The minimum atomic E-state index is -0.169. The van der Waals surface area contributed by atoms with Crippen molar-refractivity contribution < 1.29 is 4.52 Å². The molecule has 6 heteroatoms. The zero-order valence-corrected chi connectivity index (χ0v) is 8.17. The molecule has 0 unspecified atom stereocenters. The summed E-state index contributed by atoms with van der Waals surface area (Å²) in [6.45, 7) is 0.395. The Morgan fingerprint density at radius 3 is 3.13 bits per heavy atom. The summed E-state index contributed by atoms with van der Waals surface area (Å²) < 4.78 is 6.33. The summed E-state index contributed by atoms with van der Waals surface area (Å²) in [6.07, 6.45) is 4.71. The van der Waals surface area contributed by atoms with E-state index in [0.29, 0.717) is 18.1 Å². The van der Waals surface area contributed by atoms with Gasteiger partial charge in [-0.1, -0.05) is 5.16 Å². The molecule has 0 radical (unpaired) electrons. The van der Waals surface area contributed by atoms with Gasteiger partial charge in [0.05, 0.1) is 12.7 Å². The van der Waals surface area contributed by atoms with E-state index in [1.165, 1.54) is 4.57 Å². The number of hydrogen-bond acceptors (Lipinski definition) is 5. The van der Waals surface area contributed by atoms with E-state index < -0.39 is 0 Å². The number of rotatable bonds is 3. The van der Waals surface area contributed by atoms with Gasteiger partial charge in [-0.3, -0.25) is 4.79 Å². The molecule has 2 rings (SSSR count). The minimum Gasteiger partial charge on any atom is -0.360 e. The van der Waals surface area contributed by atoms with Crippen LogP contribution in [-0.2, 0) is 13.6 Å². The van der Waals surface area contributed by atoms with Gasteiger partial charge in [-0.25, -0.2) is 4.98 Å². The van der Waals surface area contributed by atoms with E-state index in [9.17, 15) is 4.79 Å². The van der Waals surface area contributed by atoms with Gasteiger partial charge in [0.25, 0.3) is 5.56 Å². The Morgan fingerprint density at radius 2 is 2.40 bits per heavy atom. The molecule has 2 heterocycles. The highest BCUT2D eigenvalue weighted by molar-refractivity contribution is 5.30. The van der Waals surface area contributed by atoms with Crippen LogP contribution in [0.15, 0.2) is 34.0 Å². The average molecular weight is 206 g/mol. The lowest BCUT2D eigenvalue weighted by Crippen LogP contribution is -2.21. The second-order valence-corrected chi connectivity index (χ2v) is 3.02. The van der Waals surface area contributed by atoms with Gasteiger partial charge in [-0.15, -0.1) is 0 Å². The van der Waals surface area contributed by atoms with Gasteiger partial charge in [-0.2, -0.15) is 0 Å². The summed E-state index contributed by atoms with van der Waals surface area (Å²) in [4.78, 5) is 15.5. The second-order valence-electron chi connectivity index (χ2n) is 3.02. The third kappa shape index (κ3) is 2.04. The van der Waals surface area contributed by atoms with Crippen LogP contribution in [-0.4, -0.2) is 14.7 Å². The monoisotopic (exact) mass is 206 g/mol. The fourth-order valence-electron chi connectivity index (χ4n) is 1.12. The number of aromatic nitrogens is 3. The van der Waals surface area contributed by atoms with Gasteiger partial charge in [0.1, 0.15) is 0 Å². The zero-order valence-electron chi connectivity index (χ0n) is 8.17. The van der Waals surface area contributed by atoms with Crippen LogP contribution in [0.5, 0.6) is 0 Å². The lowest BCUT2D eigenvalue weighted by Gasteiger charge is -2.03. The summed E-state index contributed by atoms with van der Waals surface area (Å²) in [6, 6.07) is 1.72. The quantitative estimate of drug-likeness (QED) is 0.785. The molecule has 0 fully saturated rings. The Hall–Kier alpha value is -2.11. The molecule has 0 saturated carbocycles. The number of nitrogens with zero attached hydrogens (tertiary/aromatic N) is 3. The molecule has 0 aliphatic rings. The topological polar surface area (TPSA) is 73.0 Å². The maximum absolute atomic E-state index is 11.5. The first kappa shape index (κ1) is 9.45. The molecule has 78 valence electrons. The predicted molar refractivity (Wildman–Crippen MR) is 53.3 cm³/mol. The van der Waals surface area contributed by atoms with E-state index in [1.54, 1.807) is 31.7 Å². The Bertz CT molecular complexity index is 489. The van der Waals surface area contributed by atoms with Gasteiger partial charge in [0, 0.05) is 25.5 Å². The van der Waals surface area contributed by atoms with Crippen LogP contribution in [0.1, 0.15) is 5.76 Å². The first-order valence-electron chi connectivity index (χ1n) is 4.42. The molecule has 0 amide bonds. The fraction of sp³-hybridized carbons (Fsp3) is 0.222. The standard InChI is InChI=1S/C9H10N4O2/c1-13-5-4-10-8(9(13)14)11-6-7-2-3-12-15-7/h2-5H,6H2,1H3,(H,10,11). The number of anilines is 1. The van der Waals surface area contributed by atoms with E-state index in [-0.39, 0.29) is 5.56 Å². The lowest BCUT2D eigenvalue weighted by atomic mass is 10.4. The molecular formula is C9H10N4O2. The molecule has 0 bridgehead atoms. The van der Waals surface area contributed by atoms with E-state index in [1.807, 2.05) is 0 Å². The zero-order chi connectivity index (χ0) is 10.7. The molecule has 0 atom stereocenters. The molecular weight excluding hydrogens is 196 g/mol. The molecule has 0 aliphatic heterocycles. The summed E-state index contributed by atoms with van der Waals surface area (Å²) in [5.41, 5.74) is -0.169. The highest BCUT2D eigenvalue weighted by Gasteiger charge is 2.02. The molecule has 0 spiro atoms. The summed E-state index contributed by atoms with van der Waals surface area (Å²) >= 11 is 0. The Balaban J connectivity index is 2.12. The first-order chi connectivity index (χ1) is 7.27. The largest absolute Gasteiger partial charge is 0.360 e.